The van der Waals surface area contributed by atoms with E-state index in [1.165, 1.54) is 18.4 Å². The van der Waals surface area contributed by atoms with Crippen molar-refractivity contribution >= 4 is 23.2 Å². The molecule has 0 unspecified atom stereocenters. The van der Waals surface area contributed by atoms with Gasteiger partial charge in [-0.3, -0.25) is 9.48 Å². The first kappa shape index (κ1) is 27.2. The second-order valence-electron chi connectivity index (χ2n) is 11.1. The van der Waals surface area contributed by atoms with Crippen LogP contribution in [0, 0.1) is 13.8 Å². The summed E-state index contributed by atoms with van der Waals surface area (Å²) in [6.45, 7) is 7.37. The second-order valence-corrected chi connectivity index (χ2v) is 11.1. The fourth-order valence-corrected chi connectivity index (χ4v) is 5.99. The Kier molecular flexibility index (Phi) is 7.59. The number of aromatic nitrogens is 5. The number of carbonyl (C=O) groups excluding carboxylic acids is 1. The maximum atomic E-state index is 13.4. The zero-order chi connectivity index (χ0) is 28.5. The standard InChI is InChI=1S/C31H38N8O2/c1-20-28(21(2)39(36-20)17-18-41-4)34-30(40)26-13-16-38-27(26)10-7-24-19-32-31(35-29(24)38)33-25-8-5-22(6-9-25)23-11-14-37(3)15-12-23/h5-6,8-9,13,16,19,23H,7,10-12,14-15,17-18H2,1-4H3,(H,34,40)(H,32,33,35). The minimum absolute atomic E-state index is 0.142. The fourth-order valence-electron chi connectivity index (χ4n) is 5.99. The predicted molar refractivity (Wildman–Crippen MR) is 159 cm³/mol. The van der Waals surface area contributed by atoms with E-state index in [1.807, 2.05) is 41.6 Å². The van der Waals surface area contributed by atoms with E-state index in [9.17, 15) is 4.79 Å². The first-order valence-corrected chi connectivity index (χ1v) is 14.4. The van der Waals surface area contributed by atoms with E-state index in [-0.39, 0.29) is 5.91 Å². The Bertz CT molecular complexity index is 1550. The van der Waals surface area contributed by atoms with Crippen LogP contribution in [-0.4, -0.2) is 69.0 Å². The molecule has 0 spiro atoms. The molecule has 10 heteroatoms. The lowest BCUT2D eigenvalue weighted by Crippen LogP contribution is -2.29. The Hall–Kier alpha value is -4.02. The van der Waals surface area contributed by atoms with Crippen molar-refractivity contribution < 1.29 is 9.53 Å². The van der Waals surface area contributed by atoms with E-state index >= 15 is 0 Å². The minimum Gasteiger partial charge on any atom is -0.383 e. The van der Waals surface area contributed by atoms with E-state index in [2.05, 4.69) is 56.9 Å². The summed E-state index contributed by atoms with van der Waals surface area (Å²) in [6.07, 6.45) is 7.74. The molecule has 1 fully saturated rings. The third-order valence-corrected chi connectivity index (χ3v) is 8.42. The van der Waals surface area contributed by atoms with Crippen molar-refractivity contribution in [3.05, 3.63) is 76.5 Å². The summed E-state index contributed by atoms with van der Waals surface area (Å²) >= 11 is 0. The molecule has 1 amide bonds. The van der Waals surface area contributed by atoms with Crippen molar-refractivity contribution in [3.63, 3.8) is 0 Å². The van der Waals surface area contributed by atoms with Crippen LogP contribution in [0.3, 0.4) is 0 Å². The molecule has 1 aromatic carbocycles. The molecule has 0 saturated carbocycles. The summed E-state index contributed by atoms with van der Waals surface area (Å²) in [5.74, 6) is 1.83. The monoisotopic (exact) mass is 554 g/mol. The molecular weight excluding hydrogens is 516 g/mol. The second kappa shape index (κ2) is 11.5. The number of anilines is 3. The first-order valence-electron chi connectivity index (χ1n) is 14.4. The number of piperidine rings is 1. The molecule has 0 radical (unpaired) electrons. The molecule has 10 nitrogen and oxygen atoms in total. The molecule has 4 aromatic rings. The van der Waals surface area contributed by atoms with Gasteiger partial charge in [0.2, 0.25) is 5.95 Å². The van der Waals surface area contributed by atoms with Gasteiger partial charge in [-0.05, 0) is 89.3 Å². The summed E-state index contributed by atoms with van der Waals surface area (Å²) in [7, 11) is 3.86. The van der Waals surface area contributed by atoms with Crippen LogP contribution < -0.4 is 10.6 Å². The van der Waals surface area contributed by atoms with Gasteiger partial charge in [0.1, 0.15) is 5.82 Å². The van der Waals surface area contributed by atoms with Gasteiger partial charge in [-0.2, -0.15) is 10.1 Å². The third kappa shape index (κ3) is 5.49. The number of nitrogens with zero attached hydrogens (tertiary/aromatic N) is 6. The Morgan fingerprint density at radius 3 is 2.63 bits per heavy atom. The molecule has 5 heterocycles. The zero-order valence-electron chi connectivity index (χ0n) is 24.3. The Morgan fingerprint density at radius 1 is 1.10 bits per heavy atom. The van der Waals surface area contributed by atoms with Gasteiger partial charge < -0.3 is 24.8 Å². The highest BCUT2D eigenvalue weighted by atomic mass is 16.5. The molecule has 2 aliphatic rings. The average Bonchev–Trinajstić information content (AvgIpc) is 3.54. The van der Waals surface area contributed by atoms with Crippen LogP contribution in [0.2, 0.25) is 0 Å². The maximum Gasteiger partial charge on any atom is 0.257 e. The lowest BCUT2D eigenvalue weighted by atomic mass is 9.89. The maximum absolute atomic E-state index is 13.4. The van der Waals surface area contributed by atoms with Crippen molar-refractivity contribution in [3.8, 4) is 5.82 Å². The number of carbonyl (C=O) groups is 1. The zero-order valence-corrected chi connectivity index (χ0v) is 24.3. The molecule has 6 rings (SSSR count). The van der Waals surface area contributed by atoms with Crippen molar-refractivity contribution in [2.75, 3.05) is 44.5 Å². The molecule has 1 saturated heterocycles. The lowest BCUT2D eigenvalue weighted by molar-refractivity contribution is 0.102. The summed E-state index contributed by atoms with van der Waals surface area (Å²) in [6, 6.07) is 10.5. The molecule has 2 aliphatic heterocycles. The number of hydrogen-bond acceptors (Lipinski definition) is 7. The number of hydrogen-bond donors (Lipinski definition) is 2. The number of methoxy groups -OCH3 is 1. The summed E-state index contributed by atoms with van der Waals surface area (Å²) in [4.78, 5) is 25.3. The highest BCUT2D eigenvalue weighted by molar-refractivity contribution is 6.06. The van der Waals surface area contributed by atoms with E-state index in [0.29, 0.717) is 30.6 Å². The minimum atomic E-state index is -0.142. The van der Waals surface area contributed by atoms with Crippen molar-refractivity contribution in [2.24, 2.45) is 0 Å². The van der Waals surface area contributed by atoms with Gasteiger partial charge in [-0.25, -0.2) is 4.98 Å². The fraction of sp³-hybridized carbons (Fsp3) is 0.419. The number of benzene rings is 1. The number of likely N-dealkylation sites (tertiary alicyclic amines) is 1. The van der Waals surface area contributed by atoms with Gasteiger partial charge in [0.25, 0.3) is 5.91 Å². The van der Waals surface area contributed by atoms with Crippen LogP contribution >= 0.6 is 0 Å². The molecule has 2 N–H and O–H groups in total. The van der Waals surface area contributed by atoms with Gasteiger partial charge in [0, 0.05) is 36.4 Å². The predicted octanol–water partition coefficient (Wildman–Crippen LogP) is 4.63. The number of amides is 1. The van der Waals surface area contributed by atoms with Gasteiger partial charge in [0.15, 0.2) is 0 Å². The van der Waals surface area contributed by atoms with Crippen LogP contribution in [-0.2, 0) is 24.1 Å². The molecule has 0 aliphatic carbocycles. The number of aryl methyl sites for hydroxylation is 2. The summed E-state index contributed by atoms with van der Waals surface area (Å²) in [5.41, 5.74) is 7.46. The number of ether oxygens (including phenoxy) is 1. The van der Waals surface area contributed by atoms with Gasteiger partial charge >= 0.3 is 0 Å². The van der Waals surface area contributed by atoms with E-state index in [0.717, 1.165) is 65.8 Å². The number of fused-ring (bicyclic) bond motifs is 3. The third-order valence-electron chi connectivity index (χ3n) is 8.42. The summed E-state index contributed by atoms with van der Waals surface area (Å²) in [5, 5.41) is 11.0. The molecular formula is C31H38N8O2. The van der Waals surface area contributed by atoms with Crippen LogP contribution in [0.15, 0.2) is 42.7 Å². The highest BCUT2D eigenvalue weighted by Gasteiger charge is 2.25. The molecule has 3 aromatic heterocycles. The van der Waals surface area contributed by atoms with Crippen molar-refractivity contribution in [2.45, 2.75) is 52.0 Å². The van der Waals surface area contributed by atoms with Crippen LogP contribution in [0.5, 0.6) is 0 Å². The van der Waals surface area contributed by atoms with E-state index in [1.54, 1.807) is 7.11 Å². The van der Waals surface area contributed by atoms with Gasteiger partial charge in [-0.1, -0.05) is 12.1 Å². The Morgan fingerprint density at radius 2 is 1.88 bits per heavy atom. The summed E-state index contributed by atoms with van der Waals surface area (Å²) < 4.78 is 9.07. The molecule has 41 heavy (non-hydrogen) atoms. The normalized spacial score (nSPS) is 15.4. The van der Waals surface area contributed by atoms with Crippen LogP contribution in [0.25, 0.3) is 5.82 Å². The largest absolute Gasteiger partial charge is 0.383 e. The Balaban J connectivity index is 1.18. The quantitative estimate of drug-likeness (QED) is 0.327. The molecule has 0 atom stereocenters. The highest BCUT2D eigenvalue weighted by Crippen LogP contribution is 2.31. The lowest BCUT2D eigenvalue weighted by Gasteiger charge is -2.29. The van der Waals surface area contributed by atoms with E-state index in [4.69, 9.17) is 9.72 Å². The van der Waals surface area contributed by atoms with Crippen LogP contribution in [0.4, 0.5) is 17.3 Å². The number of rotatable bonds is 8. The average molecular weight is 555 g/mol. The molecule has 214 valence electrons. The molecule has 0 bridgehead atoms. The van der Waals surface area contributed by atoms with Crippen molar-refractivity contribution in [1.29, 1.82) is 0 Å². The van der Waals surface area contributed by atoms with Crippen LogP contribution in [0.1, 0.15) is 57.3 Å². The SMILES string of the molecule is COCCn1nc(C)c(NC(=O)c2ccn3c2CCc2cnc(Nc4ccc(C5CCN(C)CC5)cc4)nc2-3)c1C. The van der Waals surface area contributed by atoms with Crippen molar-refractivity contribution in [1.82, 2.24) is 29.2 Å². The van der Waals surface area contributed by atoms with E-state index < -0.39 is 0 Å². The van der Waals surface area contributed by atoms with Gasteiger partial charge in [0.05, 0.1) is 35.8 Å². The smallest absolute Gasteiger partial charge is 0.257 e. The van der Waals surface area contributed by atoms with Gasteiger partial charge in [-0.15, -0.1) is 0 Å². The first-order chi connectivity index (χ1) is 19.9. The topological polar surface area (TPSA) is 102 Å². The number of nitrogens with one attached hydrogen (secondary N) is 2. The Labute approximate surface area is 240 Å².